The Hall–Kier alpha value is -2.09. The first-order chi connectivity index (χ1) is 8.15. The van der Waals surface area contributed by atoms with E-state index in [2.05, 4.69) is 16.2 Å². The molecule has 0 unspecified atom stereocenters. The normalized spacial score (nSPS) is 9.65. The molecule has 1 rings (SSSR count). The van der Waals surface area contributed by atoms with Crippen molar-refractivity contribution >= 4 is 11.5 Å². The van der Waals surface area contributed by atoms with E-state index < -0.39 is 4.92 Å². The fourth-order valence-corrected chi connectivity index (χ4v) is 1.41. The molecule has 0 fully saturated rings. The standard InChI is InChI=1S/C12H15N3O2/c1-3-4-5-6-9-13-12-8-7-11(15(16)17)10(2)14-12/h1,7-8H,4-6,9H2,2H3,(H,13,14). The summed E-state index contributed by atoms with van der Waals surface area (Å²) in [6.45, 7) is 2.40. The molecule has 0 saturated heterocycles. The highest BCUT2D eigenvalue weighted by Crippen LogP contribution is 2.17. The van der Waals surface area contributed by atoms with Crippen LogP contribution in [0.15, 0.2) is 12.1 Å². The number of terminal acetylenes is 1. The molecule has 1 aromatic rings. The summed E-state index contributed by atoms with van der Waals surface area (Å²) in [4.78, 5) is 14.3. The van der Waals surface area contributed by atoms with Crippen LogP contribution in [-0.2, 0) is 0 Å². The third kappa shape index (κ3) is 4.11. The zero-order valence-corrected chi connectivity index (χ0v) is 9.77. The van der Waals surface area contributed by atoms with E-state index in [-0.39, 0.29) is 5.69 Å². The maximum Gasteiger partial charge on any atom is 0.290 e. The van der Waals surface area contributed by atoms with E-state index in [4.69, 9.17) is 6.42 Å². The highest BCUT2D eigenvalue weighted by Gasteiger charge is 2.11. The van der Waals surface area contributed by atoms with E-state index in [0.29, 0.717) is 11.5 Å². The van der Waals surface area contributed by atoms with Gasteiger partial charge in [0.25, 0.3) is 5.69 Å². The van der Waals surface area contributed by atoms with Crippen LogP contribution >= 0.6 is 0 Å². The maximum absolute atomic E-state index is 10.6. The lowest BCUT2D eigenvalue weighted by Gasteiger charge is -2.05. The molecule has 17 heavy (non-hydrogen) atoms. The van der Waals surface area contributed by atoms with Gasteiger partial charge in [-0.2, -0.15) is 0 Å². The van der Waals surface area contributed by atoms with Gasteiger partial charge in [-0.25, -0.2) is 4.98 Å². The smallest absolute Gasteiger partial charge is 0.290 e. The van der Waals surface area contributed by atoms with Crippen molar-refractivity contribution < 1.29 is 4.92 Å². The number of aryl methyl sites for hydroxylation is 1. The Morgan fingerprint density at radius 3 is 2.88 bits per heavy atom. The fraction of sp³-hybridized carbons (Fsp3) is 0.417. The zero-order valence-electron chi connectivity index (χ0n) is 9.77. The van der Waals surface area contributed by atoms with Crippen molar-refractivity contribution in [2.24, 2.45) is 0 Å². The van der Waals surface area contributed by atoms with Crippen LogP contribution in [0.5, 0.6) is 0 Å². The summed E-state index contributed by atoms with van der Waals surface area (Å²) in [5.41, 5.74) is 0.464. The first-order valence-electron chi connectivity index (χ1n) is 5.44. The summed E-state index contributed by atoms with van der Waals surface area (Å²) in [7, 11) is 0. The Balaban J connectivity index is 2.48. The molecule has 0 aliphatic carbocycles. The molecule has 0 spiro atoms. The summed E-state index contributed by atoms with van der Waals surface area (Å²) in [5.74, 6) is 3.24. The molecular formula is C12H15N3O2. The minimum Gasteiger partial charge on any atom is -0.370 e. The van der Waals surface area contributed by atoms with Crippen LogP contribution in [0.25, 0.3) is 0 Å². The number of rotatable bonds is 6. The van der Waals surface area contributed by atoms with Crippen LogP contribution in [0, 0.1) is 29.4 Å². The van der Waals surface area contributed by atoms with Crippen LogP contribution < -0.4 is 5.32 Å². The van der Waals surface area contributed by atoms with Crippen molar-refractivity contribution in [3.05, 3.63) is 27.9 Å². The Morgan fingerprint density at radius 2 is 2.29 bits per heavy atom. The molecule has 0 bridgehead atoms. The summed E-state index contributed by atoms with van der Waals surface area (Å²) in [6.07, 6.45) is 7.84. The van der Waals surface area contributed by atoms with E-state index in [1.807, 2.05) is 0 Å². The number of aromatic nitrogens is 1. The number of hydrogen-bond acceptors (Lipinski definition) is 4. The zero-order chi connectivity index (χ0) is 12.7. The van der Waals surface area contributed by atoms with E-state index in [1.165, 1.54) is 6.07 Å². The molecule has 1 aromatic heterocycles. The molecule has 5 nitrogen and oxygen atoms in total. The summed E-state index contributed by atoms with van der Waals surface area (Å²) in [6, 6.07) is 3.08. The third-order valence-electron chi connectivity index (χ3n) is 2.31. The largest absolute Gasteiger partial charge is 0.370 e. The predicted octanol–water partition coefficient (Wildman–Crippen LogP) is 2.51. The number of unbranched alkanes of at least 4 members (excludes halogenated alkanes) is 2. The number of anilines is 1. The molecule has 0 aliphatic rings. The van der Waals surface area contributed by atoms with Crippen LogP contribution in [0.2, 0.25) is 0 Å². The van der Waals surface area contributed by atoms with Crippen molar-refractivity contribution in [1.82, 2.24) is 4.98 Å². The number of hydrogen-bond donors (Lipinski definition) is 1. The average Bonchev–Trinajstić information content (AvgIpc) is 2.28. The third-order valence-corrected chi connectivity index (χ3v) is 2.31. The van der Waals surface area contributed by atoms with Crippen molar-refractivity contribution in [3.63, 3.8) is 0 Å². The first kappa shape index (κ1) is 13.0. The van der Waals surface area contributed by atoms with E-state index in [0.717, 1.165) is 25.8 Å². The topological polar surface area (TPSA) is 68.1 Å². The van der Waals surface area contributed by atoms with Crippen LogP contribution in [-0.4, -0.2) is 16.5 Å². The lowest BCUT2D eigenvalue weighted by atomic mass is 10.2. The number of nitrogens with zero attached hydrogens (tertiary/aromatic N) is 2. The highest BCUT2D eigenvalue weighted by molar-refractivity contribution is 5.44. The van der Waals surface area contributed by atoms with Gasteiger partial charge in [-0.05, 0) is 25.8 Å². The Bertz CT molecular complexity index is 438. The van der Waals surface area contributed by atoms with Crippen molar-refractivity contribution in [1.29, 1.82) is 0 Å². The maximum atomic E-state index is 10.6. The molecule has 0 atom stereocenters. The van der Waals surface area contributed by atoms with Crippen molar-refractivity contribution in [3.8, 4) is 12.3 Å². The summed E-state index contributed by atoms with van der Waals surface area (Å²) >= 11 is 0. The van der Waals surface area contributed by atoms with Gasteiger partial charge in [0.2, 0.25) is 0 Å². The first-order valence-corrected chi connectivity index (χ1v) is 5.44. The summed E-state index contributed by atoms with van der Waals surface area (Å²) < 4.78 is 0. The Labute approximate surface area is 100 Å². The van der Waals surface area contributed by atoms with Gasteiger partial charge in [0.15, 0.2) is 0 Å². The van der Waals surface area contributed by atoms with Gasteiger partial charge in [0.1, 0.15) is 11.5 Å². The Morgan fingerprint density at radius 1 is 1.53 bits per heavy atom. The second kappa shape index (κ2) is 6.48. The second-order valence-electron chi connectivity index (χ2n) is 3.65. The van der Waals surface area contributed by atoms with Gasteiger partial charge in [-0.3, -0.25) is 10.1 Å². The van der Waals surface area contributed by atoms with Gasteiger partial charge in [0, 0.05) is 19.0 Å². The van der Waals surface area contributed by atoms with E-state index >= 15 is 0 Å². The van der Waals surface area contributed by atoms with Gasteiger partial charge in [-0.15, -0.1) is 12.3 Å². The quantitative estimate of drug-likeness (QED) is 0.355. The molecular weight excluding hydrogens is 218 g/mol. The fourth-order valence-electron chi connectivity index (χ4n) is 1.41. The molecule has 0 amide bonds. The minimum absolute atomic E-state index is 0.0443. The Kier molecular flexibility index (Phi) is 4.95. The van der Waals surface area contributed by atoms with Gasteiger partial charge in [-0.1, -0.05) is 0 Å². The van der Waals surface area contributed by atoms with Crippen molar-refractivity contribution in [2.75, 3.05) is 11.9 Å². The number of nitro groups is 1. The van der Waals surface area contributed by atoms with E-state index in [1.54, 1.807) is 13.0 Å². The molecule has 1 N–H and O–H groups in total. The van der Waals surface area contributed by atoms with Crippen molar-refractivity contribution in [2.45, 2.75) is 26.2 Å². The van der Waals surface area contributed by atoms with Gasteiger partial charge < -0.3 is 5.32 Å². The SMILES string of the molecule is C#CCCCCNc1ccc([N+](=O)[O-])c(C)n1. The van der Waals surface area contributed by atoms with Gasteiger partial charge in [0.05, 0.1) is 4.92 Å². The number of nitrogens with one attached hydrogen (secondary N) is 1. The molecule has 0 aliphatic heterocycles. The van der Waals surface area contributed by atoms with Crippen LogP contribution in [0.1, 0.15) is 25.0 Å². The number of pyridine rings is 1. The molecule has 1 heterocycles. The second-order valence-corrected chi connectivity index (χ2v) is 3.65. The van der Waals surface area contributed by atoms with Crippen LogP contribution in [0.3, 0.4) is 0 Å². The average molecular weight is 233 g/mol. The molecule has 0 aromatic carbocycles. The van der Waals surface area contributed by atoms with Crippen LogP contribution in [0.4, 0.5) is 11.5 Å². The monoisotopic (exact) mass is 233 g/mol. The minimum atomic E-state index is -0.432. The lowest BCUT2D eigenvalue weighted by molar-refractivity contribution is -0.385. The van der Waals surface area contributed by atoms with Gasteiger partial charge >= 0.3 is 0 Å². The lowest BCUT2D eigenvalue weighted by Crippen LogP contribution is -2.04. The molecule has 90 valence electrons. The molecule has 0 saturated carbocycles. The highest BCUT2D eigenvalue weighted by atomic mass is 16.6. The van der Waals surface area contributed by atoms with E-state index in [9.17, 15) is 10.1 Å². The molecule has 5 heteroatoms. The molecule has 0 radical (unpaired) electrons. The predicted molar refractivity (Wildman–Crippen MR) is 66.8 cm³/mol. The summed E-state index contributed by atoms with van der Waals surface area (Å²) in [5, 5.41) is 13.7.